The zero-order chi connectivity index (χ0) is 24.9. The SMILES string of the molecule is C/C=C\CCNCc1cc(=O)n2[nH]cnc2n1.C=C(C)/C=C\C=C/C.C=CCC/C(Cl)=C\C. The van der Waals surface area contributed by atoms with Gasteiger partial charge in [-0.05, 0) is 53.5 Å². The van der Waals surface area contributed by atoms with Gasteiger partial charge >= 0.3 is 0 Å². The number of allylic oxidation sites excluding steroid dienone is 9. The number of rotatable bonds is 10. The molecule has 0 atom stereocenters. The van der Waals surface area contributed by atoms with Crippen molar-refractivity contribution in [3.8, 4) is 0 Å². The summed E-state index contributed by atoms with van der Waals surface area (Å²) in [7, 11) is 0. The van der Waals surface area contributed by atoms with E-state index < -0.39 is 0 Å². The van der Waals surface area contributed by atoms with E-state index >= 15 is 0 Å². The molecule has 0 aliphatic heterocycles. The second-order valence-corrected chi connectivity index (χ2v) is 7.42. The third-order valence-electron chi connectivity index (χ3n) is 3.94. The maximum Gasteiger partial charge on any atom is 0.274 e. The third-order valence-corrected chi connectivity index (χ3v) is 4.34. The number of hydrogen-bond acceptors (Lipinski definition) is 4. The number of fused-ring (bicyclic) bond motifs is 1. The van der Waals surface area contributed by atoms with Crippen LogP contribution in [0.3, 0.4) is 0 Å². The van der Waals surface area contributed by atoms with Crippen LogP contribution in [0.2, 0.25) is 0 Å². The molecular weight excluding hydrogens is 434 g/mol. The van der Waals surface area contributed by atoms with Crippen LogP contribution in [0.25, 0.3) is 5.78 Å². The number of H-pyrrole nitrogens is 1. The Morgan fingerprint density at radius 2 is 2.00 bits per heavy atom. The lowest BCUT2D eigenvalue weighted by Crippen LogP contribution is -2.20. The van der Waals surface area contributed by atoms with Crippen molar-refractivity contribution in [2.75, 3.05) is 6.54 Å². The van der Waals surface area contributed by atoms with Crippen molar-refractivity contribution in [3.63, 3.8) is 0 Å². The summed E-state index contributed by atoms with van der Waals surface area (Å²) in [5.41, 5.74) is 1.66. The fourth-order valence-electron chi connectivity index (χ4n) is 2.24. The Morgan fingerprint density at radius 3 is 2.61 bits per heavy atom. The fraction of sp³-hybridized carbons (Fsp3) is 0.346. The maximum atomic E-state index is 11.6. The largest absolute Gasteiger partial charge is 0.311 e. The van der Waals surface area contributed by atoms with Crippen molar-refractivity contribution < 1.29 is 0 Å². The van der Waals surface area contributed by atoms with Crippen LogP contribution in [0.1, 0.15) is 52.7 Å². The Kier molecular flexibility index (Phi) is 17.9. The highest BCUT2D eigenvalue weighted by molar-refractivity contribution is 6.29. The van der Waals surface area contributed by atoms with Crippen LogP contribution in [0, 0.1) is 0 Å². The molecule has 0 aromatic carbocycles. The van der Waals surface area contributed by atoms with E-state index in [1.165, 1.54) is 16.9 Å². The predicted molar refractivity (Wildman–Crippen MR) is 143 cm³/mol. The summed E-state index contributed by atoms with van der Waals surface area (Å²) < 4.78 is 1.31. The standard InChI is InChI=1S/C11H15N5O.C8H12.C7H11Cl/c1-2-3-4-5-12-7-9-6-10(17)16-11(15-9)13-8-14-16;1-4-5-6-7-8(2)3;1-3-5-6-7(8)4-2/h2-3,6,8,12H,4-5,7H2,1H3,(H,13,14,15);4-7H,2H2,1,3H3;3-4H,1,5-6H2,2H3/b3-2-;5-4-,7-6-;7-4+. The second-order valence-electron chi connectivity index (χ2n) is 6.94. The van der Waals surface area contributed by atoms with Crippen LogP contribution in [0.15, 0.2) is 89.6 Å². The maximum absolute atomic E-state index is 11.6. The van der Waals surface area contributed by atoms with Crippen LogP contribution in [0.4, 0.5) is 0 Å². The first-order valence-corrected chi connectivity index (χ1v) is 11.4. The molecule has 0 saturated heterocycles. The summed E-state index contributed by atoms with van der Waals surface area (Å²) in [6, 6.07) is 1.51. The third kappa shape index (κ3) is 15.5. The van der Waals surface area contributed by atoms with Gasteiger partial charge in [0.1, 0.15) is 6.33 Å². The molecule has 2 rings (SSSR count). The van der Waals surface area contributed by atoms with Crippen LogP contribution in [-0.4, -0.2) is 26.1 Å². The molecule has 0 fully saturated rings. The summed E-state index contributed by atoms with van der Waals surface area (Å²) in [6.45, 7) is 16.6. The number of aromatic amines is 1. The molecule has 0 unspecified atom stereocenters. The Balaban J connectivity index is 0.000000539. The molecule has 2 aromatic rings. The monoisotopic (exact) mass is 471 g/mol. The van der Waals surface area contributed by atoms with E-state index in [0.29, 0.717) is 18.0 Å². The summed E-state index contributed by atoms with van der Waals surface area (Å²) in [5, 5.41) is 6.84. The number of hydrogen-bond donors (Lipinski definition) is 2. The molecule has 0 bridgehead atoms. The van der Waals surface area contributed by atoms with Gasteiger partial charge in [-0.15, -0.1) is 6.58 Å². The molecule has 2 heterocycles. The highest BCUT2D eigenvalue weighted by Crippen LogP contribution is 2.08. The van der Waals surface area contributed by atoms with Crippen molar-refractivity contribution in [2.24, 2.45) is 0 Å². The topological polar surface area (TPSA) is 75.1 Å². The predicted octanol–water partition coefficient (Wildman–Crippen LogP) is 6.26. The molecule has 0 amide bonds. The number of nitrogens with zero attached hydrogens (tertiary/aromatic N) is 3. The normalized spacial score (nSPS) is 11.5. The molecule has 0 aliphatic carbocycles. The zero-order valence-corrected chi connectivity index (χ0v) is 21.1. The van der Waals surface area contributed by atoms with Crippen molar-refractivity contribution in [2.45, 2.75) is 53.5 Å². The number of nitrogens with one attached hydrogen (secondary N) is 2. The van der Waals surface area contributed by atoms with E-state index in [9.17, 15) is 4.79 Å². The van der Waals surface area contributed by atoms with E-state index in [4.69, 9.17) is 11.6 Å². The van der Waals surface area contributed by atoms with Crippen LogP contribution in [-0.2, 0) is 6.54 Å². The molecule has 33 heavy (non-hydrogen) atoms. The fourth-order valence-corrected chi connectivity index (χ4v) is 2.35. The second kappa shape index (κ2) is 19.7. The first-order valence-electron chi connectivity index (χ1n) is 11.0. The van der Waals surface area contributed by atoms with Gasteiger partial charge in [0.2, 0.25) is 0 Å². The van der Waals surface area contributed by atoms with E-state index in [2.05, 4.69) is 39.6 Å². The van der Waals surface area contributed by atoms with Gasteiger partial charge in [0.15, 0.2) is 0 Å². The average molecular weight is 472 g/mol. The van der Waals surface area contributed by atoms with E-state index in [0.717, 1.165) is 36.4 Å². The molecule has 2 N–H and O–H groups in total. The molecular formula is C26H38ClN5O. The Labute approximate surface area is 203 Å². The minimum atomic E-state index is -0.141. The summed E-state index contributed by atoms with van der Waals surface area (Å²) >= 11 is 5.66. The van der Waals surface area contributed by atoms with Crippen molar-refractivity contribution in [1.82, 2.24) is 24.9 Å². The van der Waals surface area contributed by atoms with Crippen LogP contribution >= 0.6 is 11.6 Å². The minimum Gasteiger partial charge on any atom is -0.311 e. The van der Waals surface area contributed by atoms with E-state index in [1.807, 2.05) is 70.2 Å². The molecule has 0 spiro atoms. The van der Waals surface area contributed by atoms with Crippen molar-refractivity contribution in [1.29, 1.82) is 0 Å². The number of aromatic nitrogens is 4. The number of halogens is 1. The van der Waals surface area contributed by atoms with E-state index in [1.54, 1.807) is 0 Å². The Morgan fingerprint density at radius 1 is 1.24 bits per heavy atom. The molecule has 7 heteroatoms. The van der Waals surface area contributed by atoms with Crippen molar-refractivity contribution >= 4 is 17.4 Å². The molecule has 0 saturated carbocycles. The van der Waals surface area contributed by atoms with Crippen LogP contribution in [0.5, 0.6) is 0 Å². The van der Waals surface area contributed by atoms with Gasteiger partial charge in [0.05, 0.1) is 5.69 Å². The lowest BCUT2D eigenvalue weighted by molar-refractivity contribution is 0.678. The quantitative estimate of drug-likeness (QED) is 0.243. The van der Waals surface area contributed by atoms with Crippen molar-refractivity contribution in [3.05, 3.63) is 101 Å². The minimum absolute atomic E-state index is 0.141. The molecule has 2 aromatic heterocycles. The summed E-state index contributed by atoms with van der Waals surface area (Å²) in [6.07, 6.45) is 20.1. The van der Waals surface area contributed by atoms with Crippen LogP contribution < -0.4 is 10.9 Å². The average Bonchev–Trinajstić information content (AvgIpc) is 3.27. The van der Waals surface area contributed by atoms with Gasteiger partial charge in [-0.1, -0.05) is 72.4 Å². The first kappa shape index (κ1) is 30.0. The highest BCUT2D eigenvalue weighted by atomic mass is 35.5. The van der Waals surface area contributed by atoms with Gasteiger partial charge < -0.3 is 5.32 Å². The van der Waals surface area contributed by atoms with Gasteiger partial charge in [-0.2, -0.15) is 4.52 Å². The van der Waals surface area contributed by atoms with Gasteiger partial charge in [0.25, 0.3) is 11.3 Å². The Hall–Kier alpha value is -2.96. The van der Waals surface area contributed by atoms with Gasteiger partial charge in [0, 0.05) is 17.6 Å². The zero-order valence-electron chi connectivity index (χ0n) is 20.4. The smallest absolute Gasteiger partial charge is 0.274 e. The lowest BCUT2D eigenvalue weighted by atomic mass is 10.3. The Bertz CT molecular complexity index is 996. The highest BCUT2D eigenvalue weighted by Gasteiger charge is 2.02. The summed E-state index contributed by atoms with van der Waals surface area (Å²) in [5.74, 6) is 0.405. The first-order chi connectivity index (χ1) is 15.9. The van der Waals surface area contributed by atoms with Gasteiger partial charge in [-0.25, -0.2) is 9.97 Å². The summed E-state index contributed by atoms with van der Waals surface area (Å²) in [4.78, 5) is 19.8. The van der Waals surface area contributed by atoms with Gasteiger partial charge in [-0.3, -0.25) is 9.89 Å². The molecule has 0 aliphatic rings. The lowest BCUT2D eigenvalue weighted by Gasteiger charge is -2.02. The van der Waals surface area contributed by atoms with E-state index in [-0.39, 0.29) is 5.56 Å². The molecule has 6 nitrogen and oxygen atoms in total. The molecule has 180 valence electrons. The molecule has 0 radical (unpaired) electrons.